The molecule has 1 aliphatic heterocycles. The van der Waals surface area contributed by atoms with Crippen LogP contribution in [-0.2, 0) is 16.0 Å². The molecular weight excluding hydrogens is 461 g/mol. The van der Waals surface area contributed by atoms with Gasteiger partial charge in [-0.3, -0.25) is 9.79 Å². The van der Waals surface area contributed by atoms with E-state index in [0.29, 0.717) is 13.2 Å². The van der Waals surface area contributed by atoms with Crippen molar-refractivity contribution in [2.24, 2.45) is 4.99 Å². The minimum absolute atomic E-state index is 0. The smallest absolute Gasteiger partial charge is 0.305 e. The summed E-state index contributed by atoms with van der Waals surface area (Å²) < 4.78 is 15.3. The molecule has 1 aliphatic rings. The minimum atomic E-state index is -0.129. The van der Waals surface area contributed by atoms with E-state index in [-0.39, 0.29) is 29.9 Å². The highest BCUT2D eigenvalue weighted by molar-refractivity contribution is 14.0. The van der Waals surface area contributed by atoms with Gasteiger partial charge in [-0.1, -0.05) is 18.9 Å². The van der Waals surface area contributed by atoms with Crippen LogP contribution in [0.3, 0.4) is 0 Å². The number of hydrogen-bond donors (Lipinski definition) is 2. The number of guanidine groups is 1. The van der Waals surface area contributed by atoms with Gasteiger partial charge in [0.25, 0.3) is 0 Å². The van der Waals surface area contributed by atoms with Crippen LogP contribution in [0.5, 0.6) is 11.5 Å². The number of carbonyl (C=O) groups excluding carboxylic acids is 1. The molecule has 0 radical (unpaired) electrons. The first kappa shape index (κ1) is 23.3. The summed E-state index contributed by atoms with van der Waals surface area (Å²) in [7, 11) is 3.20. The van der Waals surface area contributed by atoms with E-state index in [4.69, 9.17) is 9.47 Å². The number of benzene rings is 1. The predicted molar refractivity (Wildman–Crippen MR) is 116 cm³/mol. The fraction of sp³-hybridized carbons (Fsp3) is 0.579. The standard InChI is InChI=1S/C19H29N3O4.HI/c1-20-19(21-11-6-4-3-5-7-18(23)24-2)22-12-10-15-8-9-16-17(13-15)26-14-25-16;/h8-9,13H,3-7,10-12,14H2,1-2H3,(H2,20,21,22);1H. The summed E-state index contributed by atoms with van der Waals surface area (Å²) in [6, 6.07) is 6.03. The summed E-state index contributed by atoms with van der Waals surface area (Å²) >= 11 is 0. The van der Waals surface area contributed by atoms with Crippen molar-refractivity contribution in [1.29, 1.82) is 0 Å². The lowest BCUT2D eigenvalue weighted by atomic mass is 10.1. The van der Waals surface area contributed by atoms with Crippen LogP contribution in [-0.4, -0.2) is 46.0 Å². The molecule has 152 valence electrons. The number of unbranched alkanes of at least 4 members (excludes halogenated alkanes) is 3. The van der Waals surface area contributed by atoms with Crippen LogP contribution < -0.4 is 20.1 Å². The van der Waals surface area contributed by atoms with Crippen molar-refractivity contribution in [1.82, 2.24) is 10.6 Å². The van der Waals surface area contributed by atoms with Crippen LogP contribution in [0.4, 0.5) is 0 Å². The van der Waals surface area contributed by atoms with Crippen LogP contribution in [0.25, 0.3) is 0 Å². The van der Waals surface area contributed by atoms with Gasteiger partial charge >= 0.3 is 5.97 Å². The molecule has 1 aromatic carbocycles. The first-order chi connectivity index (χ1) is 12.7. The summed E-state index contributed by atoms with van der Waals surface area (Å²) in [6.07, 6.45) is 5.43. The average Bonchev–Trinajstić information content (AvgIpc) is 3.13. The number of methoxy groups -OCH3 is 1. The lowest BCUT2D eigenvalue weighted by Crippen LogP contribution is -2.38. The number of fused-ring (bicyclic) bond motifs is 1. The van der Waals surface area contributed by atoms with Gasteiger partial charge < -0.3 is 24.8 Å². The molecule has 1 heterocycles. The van der Waals surface area contributed by atoms with Crippen LogP contribution in [0, 0.1) is 0 Å². The molecule has 0 unspecified atom stereocenters. The molecular formula is C19H30IN3O4. The maximum atomic E-state index is 11.0. The van der Waals surface area contributed by atoms with E-state index in [0.717, 1.165) is 62.7 Å². The summed E-state index contributed by atoms with van der Waals surface area (Å²) in [5.41, 5.74) is 1.20. The Hall–Kier alpha value is -1.71. The summed E-state index contributed by atoms with van der Waals surface area (Å²) in [5.74, 6) is 2.30. The molecule has 0 atom stereocenters. The monoisotopic (exact) mass is 491 g/mol. The van der Waals surface area contributed by atoms with Gasteiger partial charge in [0.1, 0.15) is 0 Å². The predicted octanol–water partition coefficient (Wildman–Crippen LogP) is 2.86. The molecule has 27 heavy (non-hydrogen) atoms. The fourth-order valence-corrected chi connectivity index (χ4v) is 2.70. The Balaban J connectivity index is 0.00000364. The zero-order chi connectivity index (χ0) is 18.6. The molecule has 0 spiro atoms. The zero-order valence-electron chi connectivity index (χ0n) is 16.1. The van der Waals surface area contributed by atoms with Crippen molar-refractivity contribution in [2.45, 2.75) is 38.5 Å². The normalized spacial score (nSPS) is 12.3. The van der Waals surface area contributed by atoms with Gasteiger partial charge in [0.15, 0.2) is 17.5 Å². The number of ether oxygens (including phenoxy) is 3. The molecule has 0 saturated carbocycles. The van der Waals surface area contributed by atoms with Crippen molar-refractivity contribution in [3.8, 4) is 11.5 Å². The highest BCUT2D eigenvalue weighted by Crippen LogP contribution is 2.32. The van der Waals surface area contributed by atoms with Crippen LogP contribution in [0.2, 0.25) is 0 Å². The Morgan fingerprint density at radius 3 is 2.63 bits per heavy atom. The number of carbonyl (C=O) groups is 1. The highest BCUT2D eigenvalue weighted by Gasteiger charge is 2.12. The van der Waals surface area contributed by atoms with E-state index in [9.17, 15) is 4.79 Å². The SMILES string of the molecule is CN=C(NCCCCCCC(=O)OC)NCCc1ccc2c(c1)OCO2.I. The van der Waals surface area contributed by atoms with E-state index in [1.807, 2.05) is 12.1 Å². The van der Waals surface area contributed by atoms with Crippen LogP contribution in [0.1, 0.15) is 37.7 Å². The Morgan fingerprint density at radius 2 is 1.85 bits per heavy atom. The number of rotatable bonds is 10. The molecule has 0 saturated heterocycles. The van der Waals surface area contributed by atoms with Crippen LogP contribution in [0.15, 0.2) is 23.2 Å². The molecule has 7 nitrogen and oxygen atoms in total. The molecule has 2 rings (SSSR count). The Morgan fingerprint density at radius 1 is 1.11 bits per heavy atom. The van der Waals surface area contributed by atoms with E-state index in [1.165, 1.54) is 12.7 Å². The van der Waals surface area contributed by atoms with Crippen LogP contribution >= 0.6 is 24.0 Å². The third kappa shape index (κ3) is 8.68. The minimum Gasteiger partial charge on any atom is -0.469 e. The lowest BCUT2D eigenvalue weighted by Gasteiger charge is -2.12. The molecule has 0 fully saturated rings. The number of aliphatic imine (C=N–C) groups is 1. The molecule has 2 N–H and O–H groups in total. The molecule has 1 aromatic rings. The van der Waals surface area contributed by atoms with Gasteiger partial charge in [-0.15, -0.1) is 24.0 Å². The molecule has 0 amide bonds. The number of halogens is 1. The van der Waals surface area contributed by atoms with Gasteiger partial charge in [-0.25, -0.2) is 0 Å². The van der Waals surface area contributed by atoms with Crippen molar-refractivity contribution >= 4 is 35.9 Å². The summed E-state index contributed by atoms with van der Waals surface area (Å²) in [4.78, 5) is 15.2. The Kier molecular flexibility index (Phi) is 11.6. The third-order valence-corrected chi connectivity index (χ3v) is 4.19. The molecule has 0 aliphatic carbocycles. The van der Waals surface area contributed by atoms with Crippen molar-refractivity contribution in [3.05, 3.63) is 23.8 Å². The maximum Gasteiger partial charge on any atom is 0.305 e. The Bertz CT molecular complexity index is 611. The second-order valence-electron chi connectivity index (χ2n) is 6.10. The van der Waals surface area contributed by atoms with E-state index in [1.54, 1.807) is 7.05 Å². The lowest BCUT2D eigenvalue weighted by molar-refractivity contribution is -0.140. The molecule has 0 aromatic heterocycles. The number of nitrogens with one attached hydrogen (secondary N) is 2. The van der Waals surface area contributed by atoms with Crippen molar-refractivity contribution in [2.75, 3.05) is 34.0 Å². The van der Waals surface area contributed by atoms with E-state index >= 15 is 0 Å². The van der Waals surface area contributed by atoms with E-state index in [2.05, 4.69) is 26.4 Å². The topological polar surface area (TPSA) is 81.2 Å². The number of nitrogens with zero attached hydrogens (tertiary/aromatic N) is 1. The summed E-state index contributed by atoms with van der Waals surface area (Å²) in [5, 5.41) is 6.63. The van der Waals surface area contributed by atoms with Gasteiger partial charge in [0.05, 0.1) is 7.11 Å². The second-order valence-corrected chi connectivity index (χ2v) is 6.10. The first-order valence-corrected chi connectivity index (χ1v) is 9.13. The van der Waals surface area contributed by atoms with Gasteiger partial charge in [-0.05, 0) is 37.0 Å². The maximum absolute atomic E-state index is 11.0. The third-order valence-electron chi connectivity index (χ3n) is 4.19. The first-order valence-electron chi connectivity index (χ1n) is 9.13. The van der Waals surface area contributed by atoms with E-state index < -0.39 is 0 Å². The second kappa shape index (κ2) is 13.5. The fourth-order valence-electron chi connectivity index (χ4n) is 2.70. The largest absolute Gasteiger partial charge is 0.469 e. The quantitative estimate of drug-likeness (QED) is 0.172. The number of esters is 1. The number of hydrogen-bond acceptors (Lipinski definition) is 5. The Labute approximate surface area is 178 Å². The highest BCUT2D eigenvalue weighted by atomic mass is 127. The summed E-state index contributed by atoms with van der Waals surface area (Å²) in [6.45, 7) is 1.96. The molecule has 8 heteroatoms. The van der Waals surface area contributed by atoms with Gasteiger partial charge in [0, 0.05) is 26.6 Å². The van der Waals surface area contributed by atoms with Crippen molar-refractivity contribution in [3.63, 3.8) is 0 Å². The van der Waals surface area contributed by atoms with Gasteiger partial charge in [0.2, 0.25) is 6.79 Å². The average molecular weight is 491 g/mol. The zero-order valence-corrected chi connectivity index (χ0v) is 18.4. The van der Waals surface area contributed by atoms with Crippen molar-refractivity contribution < 1.29 is 19.0 Å². The molecule has 0 bridgehead atoms. The van der Waals surface area contributed by atoms with Gasteiger partial charge in [-0.2, -0.15) is 0 Å².